The van der Waals surface area contributed by atoms with E-state index in [9.17, 15) is 0 Å². The second-order valence-electron chi connectivity index (χ2n) is 4.79. The molecule has 0 aliphatic carbocycles. The third-order valence-electron chi connectivity index (χ3n) is 2.78. The molecule has 0 heterocycles. The first-order chi connectivity index (χ1) is 6.77. The predicted molar refractivity (Wildman–Crippen MR) is 66.4 cm³/mol. The Balaban J connectivity index is 2.85. The van der Waals surface area contributed by atoms with Gasteiger partial charge in [0.25, 0.3) is 0 Å². The Kier molecular flexibility index (Phi) is 11.1. The maximum atomic E-state index is 2.28. The molecule has 0 atom stereocenters. The SMILES string of the molecule is CCCCCCCCCCC[C](C)C. The standard InChI is InChI=1S/C14H29/c1-4-5-6-7-8-9-10-11-12-13-14(2)3/h4-13H2,1-3H3. The monoisotopic (exact) mass is 197 g/mol. The van der Waals surface area contributed by atoms with E-state index in [2.05, 4.69) is 20.8 Å². The van der Waals surface area contributed by atoms with Crippen molar-refractivity contribution in [1.29, 1.82) is 0 Å². The summed E-state index contributed by atoms with van der Waals surface area (Å²) >= 11 is 0. The van der Waals surface area contributed by atoms with Crippen molar-refractivity contribution in [3.05, 3.63) is 5.92 Å². The lowest BCUT2D eigenvalue weighted by atomic mass is 10.0. The van der Waals surface area contributed by atoms with Gasteiger partial charge in [0.15, 0.2) is 0 Å². The lowest BCUT2D eigenvalue weighted by Crippen LogP contribution is -1.85. The molecule has 85 valence electrons. The minimum atomic E-state index is 1.34. The molecule has 1 radical (unpaired) electrons. The van der Waals surface area contributed by atoms with Crippen LogP contribution in [-0.4, -0.2) is 0 Å². The molecule has 0 rings (SSSR count). The van der Waals surface area contributed by atoms with Crippen molar-refractivity contribution in [2.24, 2.45) is 0 Å². The highest BCUT2D eigenvalue weighted by Crippen LogP contribution is 2.13. The lowest BCUT2D eigenvalue weighted by molar-refractivity contribution is 0.559. The first-order valence-electron chi connectivity index (χ1n) is 6.56. The van der Waals surface area contributed by atoms with Gasteiger partial charge in [0.2, 0.25) is 0 Å². The van der Waals surface area contributed by atoms with Crippen LogP contribution in [0.1, 0.15) is 85.0 Å². The first-order valence-corrected chi connectivity index (χ1v) is 6.56. The normalized spacial score (nSPS) is 11.1. The fraction of sp³-hybridized carbons (Fsp3) is 0.929. The van der Waals surface area contributed by atoms with Crippen molar-refractivity contribution in [2.75, 3.05) is 0 Å². The van der Waals surface area contributed by atoms with Crippen LogP contribution in [0.15, 0.2) is 0 Å². The Hall–Kier alpha value is 0. The van der Waals surface area contributed by atoms with Gasteiger partial charge in [0.05, 0.1) is 0 Å². The fourth-order valence-electron chi connectivity index (χ4n) is 1.79. The molecule has 0 saturated heterocycles. The number of hydrogen-bond acceptors (Lipinski definition) is 0. The van der Waals surface area contributed by atoms with Gasteiger partial charge in [0, 0.05) is 0 Å². The topological polar surface area (TPSA) is 0 Å². The van der Waals surface area contributed by atoms with Crippen LogP contribution in [0, 0.1) is 5.92 Å². The van der Waals surface area contributed by atoms with E-state index in [-0.39, 0.29) is 0 Å². The van der Waals surface area contributed by atoms with E-state index in [0.717, 1.165) is 0 Å². The molecule has 0 amide bonds. The van der Waals surface area contributed by atoms with E-state index in [1.54, 1.807) is 5.92 Å². The Morgan fingerprint density at radius 2 is 1.07 bits per heavy atom. The largest absolute Gasteiger partial charge is 0.0654 e. The molecule has 0 nitrogen and oxygen atoms in total. The van der Waals surface area contributed by atoms with Gasteiger partial charge in [-0.25, -0.2) is 0 Å². The highest BCUT2D eigenvalue weighted by atomic mass is 14.0. The van der Waals surface area contributed by atoms with Crippen molar-refractivity contribution >= 4 is 0 Å². The zero-order valence-electron chi connectivity index (χ0n) is 10.6. The minimum absolute atomic E-state index is 1.34. The van der Waals surface area contributed by atoms with Gasteiger partial charge in [-0.2, -0.15) is 0 Å². The van der Waals surface area contributed by atoms with E-state index < -0.39 is 0 Å². The van der Waals surface area contributed by atoms with Crippen LogP contribution in [0.5, 0.6) is 0 Å². The predicted octanol–water partition coefficient (Wildman–Crippen LogP) is 5.52. The smallest absolute Gasteiger partial charge is 0.0303 e. The van der Waals surface area contributed by atoms with Crippen LogP contribution >= 0.6 is 0 Å². The van der Waals surface area contributed by atoms with Gasteiger partial charge in [-0.3, -0.25) is 0 Å². The Labute approximate surface area is 91.5 Å². The van der Waals surface area contributed by atoms with Crippen molar-refractivity contribution in [2.45, 2.75) is 85.0 Å². The van der Waals surface area contributed by atoms with Crippen LogP contribution in [0.3, 0.4) is 0 Å². The van der Waals surface area contributed by atoms with E-state index >= 15 is 0 Å². The second kappa shape index (κ2) is 11.1. The summed E-state index contributed by atoms with van der Waals surface area (Å²) in [6.45, 7) is 6.76. The molecule has 0 unspecified atom stereocenters. The summed E-state index contributed by atoms with van der Waals surface area (Å²) in [5.74, 6) is 1.59. The molecule has 0 bridgehead atoms. The zero-order chi connectivity index (χ0) is 10.6. The molecule has 0 aromatic carbocycles. The molecule has 0 aliphatic heterocycles. The summed E-state index contributed by atoms with van der Waals surface area (Å²) in [4.78, 5) is 0. The van der Waals surface area contributed by atoms with Crippen LogP contribution in [-0.2, 0) is 0 Å². The van der Waals surface area contributed by atoms with Crippen LogP contribution in [0.25, 0.3) is 0 Å². The van der Waals surface area contributed by atoms with E-state index in [1.165, 1.54) is 64.2 Å². The maximum absolute atomic E-state index is 2.28. The van der Waals surface area contributed by atoms with Crippen molar-refractivity contribution < 1.29 is 0 Å². The first kappa shape index (κ1) is 14.0. The Morgan fingerprint density at radius 3 is 1.50 bits per heavy atom. The van der Waals surface area contributed by atoms with E-state index in [0.29, 0.717) is 0 Å². The molecular formula is C14H29. The molecule has 0 heteroatoms. The van der Waals surface area contributed by atoms with Crippen LogP contribution in [0.2, 0.25) is 0 Å². The third-order valence-corrected chi connectivity index (χ3v) is 2.78. The van der Waals surface area contributed by atoms with Gasteiger partial charge < -0.3 is 0 Å². The lowest BCUT2D eigenvalue weighted by Gasteiger charge is -2.03. The molecule has 0 N–H and O–H groups in total. The van der Waals surface area contributed by atoms with Crippen molar-refractivity contribution in [3.8, 4) is 0 Å². The molecule has 14 heavy (non-hydrogen) atoms. The average Bonchev–Trinajstić information content (AvgIpc) is 2.15. The molecule has 0 aromatic heterocycles. The van der Waals surface area contributed by atoms with Crippen LogP contribution < -0.4 is 0 Å². The molecular weight excluding hydrogens is 168 g/mol. The van der Waals surface area contributed by atoms with Gasteiger partial charge in [-0.05, 0) is 12.3 Å². The summed E-state index contributed by atoms with van der Waals surface area (Å²) in [6.07, 6.45) is 14.3. The van der Waals surface area contributed by atoms with Gasteiger partial charge in [0.1, 0.15) is 0 Å². The van der Waals surface area contributed by atoms with Crippen molar-refractivity contribution in [1.82, 2.24) is 0 Å². The summed E-state index contributed by atoms with van der Waals surface area (Å²) in [6, 6.07) is 0. The molecule has 0 aromatic rings. The fourth-order valence-corrected chi connectivity index (χ4v) is 1.79. The van der Waals surface area contributed by atoms with Crippen LogP contribution in [0.4, 0.5) is 0 Å². The van der Waals surface area contributed by atoms with Gasteiger partial charge in [-0.15, -0.1) is 0 Å². The summed E-state index contributed by atoms with van der Waals surface area (Å²) < 4.78 is 0. The summed E-state index contributed by atoms with van der Waals surface area (Å²) in [5.41, 5.74) is 0. The highest BCUT2D eigenvalue weighted by molar-refractivity contribution is 4.75. The molecule has 0 spiro atoms. The number of unbranched alkanes of at least 4 members (excludes halogenated alkanes) is 8. The van der Waals surface area contributed by atoms with Crippen molar-refractivity contribution in [3.63, 3.8) is 0 Å². The zero-order valence-corrected chi connectivity index (χ0v) is 10.6. The number of hydrogen-bond donors (Lipinski definition) is 0. The number of rotatable bonds is 10. The Morgan fingerprint density at radius 1 is 0.643 bits per heavy atom. The summed E-state index contributed by atoms with van der Waals surface area (Å²) in [7, 11) is 0. The van der Waals surface area contributed by atoms with Gasteiger partial charge in [-0.1, -0.05) is 78.6 Å². The summed E-state index contributed by atoms with van der Waals surface area (Å²) in [5, 5.41) is 0. The highest BCUT2D eigenvalue weighted by Gasteiger charge is 1.94. The molecule has 0 fully saturated rings. The average molecular weight is 197 g/mol. The third kappa shape index (κ3) is 12.0. The van der Waals surface area contributed by atoms with E-state index in [1.807, 2.05) is 0 Å². The Bertz CT molecular complexity index is 94.2. The second-order valence-corrected chi connectivity index (χ2v) is 4.79. The molecule has 0 aliphatic rings. The van der Waals surface area contributed by atoms with E-state index in [4.69, 9.17) is 0 Å². The minimum Gasteiger partial charge on any atom is -0.0654 e. The quantitative estimate of drug-likeness (QED) is 0.404. The van der Waals surface area contributed by atoms with Gasteiger partial charge >= 0.3 is 0 Å². The maximum Gasteiger partial charge on any atom is -0.0303 e. The molecule has 0 saturated carbocycles.